The van der Waals surface area contributed by atoms with Crippen LogP contribution in [0, 0.1) is 0 Å². The van der Waals surface area contributed by atoms with Crippen LogP contribution in [-0.4, -0.2) is 34.7 Å². The number of carbonyl (C=O) groups is 2. The van der Waals surface area contributed by atoms with E-state index >= 15 is 0 Å². The average Bonchev–Trinajstić information content (AvgIpc) is 2.55. The first-order chi connectivity index (χ1) is 11.0. The number of esters is 1. The molecule has 7 heteroatoms. The Hall–Kier alpha value is -2.96. The summed E-state index contributed by atoms with van der Waals surface area (Å²) in [7, 11) is 0. The standard InChI is InChI=1S/C16H17N3O4/c1-3-8-17-15(21)10(2)23-14(20)9-13-11-6-4-5-7-12(11)16(22)19-18-13/h3-7,10H,1,8-9H2,2H3,(H,17,21)(H,19,22)/t10-/m0/s1. The third-order valence-corrected chi connectivity index (χ3v) is 3.18. The molecule has 1 heterocycles. The van der Waals surface area contributed by atoms with Crippen LogP contribution in [0.1, 0.15) is 12.6 Å². The van der Waals surface area contributed by atoms with Gasteiger partial charge < -0.3 is 10.1 Å². The van der Waals surface area contributed by atoms with Gasteiger partial charge in [-0.3, -0.25) is 14.4 Å². The van der Waals surface area contributed by atoms with Crippen molar-refractivity contribution in [3.8, 4) is 0 Å². The molecular weight excluding hydrogens is 298 g/mol. The van der Waals surface area contributed by atoms with Crippen molar-refractivity contribution in [2.45, 2.75) is 19.4 Å². The lowest BCUT2D eigenvalue weighted by molar-refractivity contribution is -0.154. The fourth-order valence-corrected chi connectivity index (χ4v) is 2.05. The summed E-state index contributed by atoms with van der Waals surface area (Å²) in [6.45, 7) is 5.26. The normalized spacial score (nSPS) is 11.7. The second kappa shape index (κ2) is 7.35. The third kappa shape index (κ3) is 4.03. The monoisotopic (exact) mass is 315 g/mol. The van der Waals surface area contributed by atoms with Gasteiger partial charge in [-0.1, -0.05) is 24.3 Å². The lowest BCUT2D eigenvalue weighted by Gasteiger charge is -2.12. The third-order valence-electron chi connectivity index (χ3n) is 3.18. The topological polar surface area (TPSA) is 101 Å². The van der Waals surface area contributed by atoms with Gasteiger partial charge in [0.25, 0.3) is 11.5 Å². The average molecular weight is 315 g/mol. The minimum Gasteiger partial charge on any atom is -0.452 e. The molecule has 0 aliphatic carbocycles. The van der Waals surface area contributed by atoms with Crippen molar-refractivity contribution >= 4 is 22.6 Å². The Morgan fingerprint density at radius 2 is 2.09 bits per heavy atom. The molecule has 2 aromatic rings. The molecule has 0 aliphatic heterocycles. The van der Waals surface area contributed by atoms with Crippen molar-refractivity contribution in [2.75, 3.05) is 6.54 Å². The summed E-state index contributed by atoms with van der Waals surface area (Å²) in [6, 6.07) is 6.84. The largest absolute Gasteiger partial charge is 0.452 e. The number of rotatable bonds is 6. The number of H-pyrrole nitrogens is 1. The highest BCUT2D eigenvalue weighted by Crippen LogP contribution is 2.13. The molecule has 0 saturated heterocycles. The van der Waals surface area contributed by atoms with E-state index in [-0.39, 0.29) is 12.0 Å². The Morgan fingerprint density at radius 1 is 1.39 bits per heavy atom. The molecule has 1 aromatic carbocycles. The number of amides is 1. The van der Waals surface area contributed by atoms with Crippen LogP contribution in [0.15, 0.2) is 41.7 Å². The van der Waals surface area contributed by atoms with E-state index in [0.29, 0.717) is 23.0 Å². The van der Waals surface area contributed by atoms with Gasteiger partial charge in [0, 0.05) is 11.9 Å². The van der Waals surface area contributed by atoms with Gasteiger partial charge in [0.15, 0.2) is 6.10 Å². The number of hydrogen-bond acceptors (Lipinski definition) is 5. The van der Waals surface area contributed by atoms with Crippen LogP contribution in [0.2, 0.25) is 0 Å². The molecule has 120 valence electrons. The van der Waals surface area contributed by atoms with E-state index in [9.17, 15) is 14.4 Å². The molecule has 0 spiro atoms. The molecule has 1 amide bonds. The van der Waals surface area contributed by atoms with E-state index in [0.717, 1.165) is 0 Å². The van der Waals surface area contributed by atoms with Crippen LogP contribution in [0.3, 0.4) is 0 Å². The molecule has 0 saturated carbocycles. The second-order valence-corrected chi connectivity index (χ2v) is 4.89. The van der Waals surface area contributed by atoms with E-state index in [2.05, 4.69) is 22.1 Å². The maximum atomic E-state index is 12.0. The summed E-state index contributed by atoms with van der Waals surface area (Å²) < 4.78 is 5.08. The van der Waals surface area contributed by atoms with Crippen molar-refractivity contribution in [1.29, 1.82) is 0 Å². The quantitative estimate of drug-likeness (QED) is 0.603. The summed E-state index contributed by atoms with van der Waals surface area (Å²) in [5, 5.41) is 9.81. The zero-order chi connectivity index (χ0) is 16.8. The van der Waals surface area contributed by atoms with E-state index in [4.69, 9.17) is 4.74 Å². The number of fused-ring (bicyclic) bond motifs is 1. The Morgan fingerprint density at radius 3 is 2.78 bits per heavy atom. The molecule has 2 N–H and O–H groups in total. The van der Waals surface area contributed by atoms with Gasteiger partial charge in [-0.05, 0) is 13.0 Å². The fourth-order valence-electron chi connectivity index (χ4n) is 2.05. The highest BCUT2D eigenvalue weighted by Gasteiger charge is 2.18. The molecule has 0 aliphatic rings. The number of aromatic amines is 1. The SMILES string of the molecule is C=CCNC(=O)[C@H](C)OC(=O)Cc1n[nH]c(=O)c2ccccc12. The fraction of sp³-hybridized carbons (Fsp3) is 0.250. The Bertz CT molecular complexity index is 797. The highest BCUT2D eigenvalue weighted by molar-refractivity contribution is 5.88. The minimum absolute atomic E-state index is 0.142. The number of nitrogens with one attached hydrogen (secondary N) is 2. The van der Waals surface area contributed by atoms with Gasteiger partial charge in [0.1, 0.15) is 0 Å². The predicted molar refractivity (Wildman–Crippen MR) is 84.8 cm³/mol. The number of benzene rings is 1. The van der Waals surface area contributed by atoms with Crippen LogP contribution in [0.25, 0.3) is 10.8 Å². The number of carbonyl (C=O) groups excluding carboxylic acids is 2. The summed E-state index contributed by atoms with van der Waals surface area (Å²) >= 11 is 0. The summed E-state index contributed by atoms with van der Waals surface area (Å²) in [6.07, 6.45) is 0.468. The lowest BCUT2D eigenvalue weighted by atomic mass is 10.1. The zero-order valence-corrected chi connectivity index (χ0v) is 12.7. The maximum Gasteiger partial charge on any atom is 0.312 e. The van der Waals surface area contributed by atoms with Crippen molar-refractivity contribution < 1.29 is 14.3 Å². The lowest BCUT2D eigenvalue weighted by Crippen LogP contribution is -2.36. The molecule has 0 fully saturated rings. The van der Waals surface area contributed by atoms with Crippen molar-refractivity contribution in [3.05, 3.63) is 53.0 Å². The Balaban J connectivity index is 2.09. The molecular formula is C16H17N3O4. The van der Waals surface area contributed by atoms with E-state index in [1.54, 1.807) is 24.3 Å². The molecule has 2 rings (SSSR count). The second-order valence-electron chi connectivity index (χ2n) is 4.89. The van der Waals surface area contributed by atoms with Crippen LogP contribution >= 0.6 is 0 Å². The highest BCUT2D eigenvalue weighted by atomic mass is 16.5. The van der Waals surface area contributed by atoms with Crippen LogP contribution in [0.4, 0.5) is 0 Å². The number of hydrogen-bond donors (Lipinski definition) is 2. The summed E-state index contributed by atoms with van der Waals surface area (Å²) in [5.41, 5.74) is 0.0683. The molecule has 23 heavy (non-hydrogen) atoms. The van der Waals surface area contributed by atoms with Crippen molar-refractivity contribution in [2.24, 2.45) is 0 Å². The first-order valence-electron chi connectivity index (χ1n) is 7.07. The maximum absolute atomic E-state index is 12.0. The van der Waals surface area contributed by atoms with Gasteiger partial charge in [-0.2, -0.15) is 5.10 Å². The molecule has 1 aromatic heterocycles. The molecule has 7 nitrogen and oxygen atoms in total. The van der Waals surface area contributed by atoms with Crippen LogP contribution in [0.5, 0.6) is 0 Å². The van der Waals surface area contributed by atoms with Gasteiger partial charge >= 0.3 is 5.97 Å². The summed E-state index contributed by atoms with van der Waals surface area (Å²) in [4.78, 5) is 35.3. The molecule has 0 radical (unpaired) electrons. The number of aromatic nitrogens is 2. The molecule has 0 unspecified atom stereocenters. The first kappa shape index (κ1) is 16.4. The minimum atomic E-state index is -0.920. The van der Waals surface area contributed by atoms with Gasteiger partial charge in [-0.15, -0.1) is 6.58 Å². The van der Waals surface area contributed by atoms with Crippen molar-refractivity contribution in [3.63, 3.8) is 0 Å². The first-order valence-corrected chi connectivity index (χ1v) is 7.07. The van der Waals surface area contributed by atoms with E-state index < -0.39 is 18.0 Å². The van der Waals surface area contributed by atoms with Crippen LogP contribution < -0.4 is 10.9 Å². The molecule has 1 atom stereocenters. The Labute approximate surface area is 132 Å². The van der Waals surface area contributed by atoms with E-state index in [1.165, 1.54) is 13.0 Å². The number of nitrogens with zero attached hydrogens (tertiary/aromatic N) is 1. The Kier molecular flexibility index (Phi) is 5.24. The van der Waals surface area contributed by atoms with Crippen molar-refractivity contribution in [1.82, 2.24) is 15.5 Å². The smallest absolute Gasteiger partial charge is 0.312 e. The number of ether oxygens (including phenoxy) is 1. The predicted octanol–water partition coefficient (Wildman–Crippen LogP) is 0.699. The molecule has 0 bridgehead atoms. The zero-order valence-electron chi connectivity index (χ0n) is 12.7. The van der Waals surface area contributed by atoms with Gasteiger partial charge in [-0.25, -0.2) is 5.10 Å². The summed E-state index contributed by atoms with van der Waals surface area (Å²) in [5.74, 6) is -1.01. The van der Waals surface area contributed by atoms with Gasteiger partial charge in [0.05, 0.1) is 17.5 Å². The van der Waals surface area contributed by atoms with Gasteiger partial charge in [0.2, 0.25) is 0 Å². The van der Waals surface area contributed by atoms with E-state index in [1.807, 2.05) is 0 Å². The van der Waals surface area contributed by atoms with Crippen LogP contribution in [-0.2, 0) is 20.7 Å².